The third-order valence-corrected chi connectivity index (χ3v) is 6.34. The third-order valence-electron chi connectivity index (χ3n) is 6.34. The first kappa shape index (κ1) is 23.1. The van der Waals surface area contributed by atoms with Gasteiger partial charge in [0, 0.05) is 24.6 Å². The normalized spacial score (nSPS) is 16.7. The molecule has 1 aliphatic heterocycles. The van der Waals surface area contributed by atoms with Crippen molar-refractivity contribution in [2.75, 3.05) is 18.1 Å². The predicted octanol–water partition coefficient (Wildman–Crippen LogP) is 4.75. The summed E-state index contributed by atoms with van der Waals surface area (Å²) >= 11 is 0. The van der Waals surface area contributed by atoms with Crippen molar-refractivity contribution >= 4 is 22.6 Å². The maximum atomic E-state index is 13.4. The van der Waals surface area contributed by atoms with E-state index < -0.39 is 6.10 Å². The lowest BCUT2D eigenvalue weighted by Crippen LogP contribution is -2.26. The van der Waals surface area contributed by atoms with E-state index in [1.54, 1.807) is 17.0 Å². The summed E-state index contributed by atoms with van der Waals surface area (Å²) in [5.41, 5.74) is 4.60. The summed E-state index contributed by atoms with van der Waals surface area (Å²) in [7, 11) is 0. The Kier molecular flexibility index (Phi) is 6.26. The van der Waals surface area contributed by atoms with Gasteiger partial charge in [-0.05, 0) is 73.5 Å². The van der Waals surface area contributed by atoms with E-state index >= 15 is 0 Å². The summed E-state index contributed by atoms with van der Waals surface area (Å²) in [4.78, 5) is 19.3. The van der Waals surface area contributed by atoms with E-state index in [1.807, 2.05) is 54.8 Å². The summed E-state index contributed by atoms with van der Waals surface area (Å²) in [6.45, 7) is 4.90. The zero-order valence-corrected chi connectivity index (χ0v) is 19.8. The lowest BCUT2D eigenvalue weighted by atomic mass is 10.1. The average Bonchev–Trinajstić information content (AvgIpc) is 3.38. The third kappa shape index (κ3) is 4.91. The molecule has 0 spiro atoms. The van der Waals surface area contributed by atoms with E-state index in [0.29, 0.717) is 25.2 Å². The Hall–Kier alpha value is -3.71. The number of aromatic nitrogens is 2. The summed E-state index contributed by atoms with van der Waals surface area (Å²) in [6.07, 6.45) is -0.465. The van der Waals surface area contributed by atoms with Crippen LogP contribution in [0, 0.1) is 19.7 Å². The smallest absolute Gasteiger partial charge is 0.227 e. The molecule has 180 valence electrons. The van der Waals surface area contributed by atoms with Gasteiger partial charge in [-0.1, -0.05) is 18.2 Å². The first-order chi connectivity index (χ1) is 16.9. The number of carbonyl (C=O) groups excluding carboxylic acids is 1. The SMILES string of the molecule is Cc1cc(C)cc(OC[C@@H](O)Cn2c([C@@H]3CC(=O)N(c4ccc(F)cc4)C3)nc3ccccc32)c1. The maximum Gasteiger partial charge on any atom is 0.227 e. The fourth-order valence-electron chi connectivity index (χ4n) is 4.82. The number of para-hydroxylation sites is 2. The number of hydrogen-bond acceptors (Lipinski definition) is 4. The van der Waals surface area contributed by atoms with Crippen molar-refractivity contribution in [1.29, 1.82) is 0 Å². The molecule has 1 aromatic heterocycles. The Bertz CT molecular complexity index is 1350. The second-order valence-corrected chi connectivity index (χ2v) is 9.24. The lowest BCUT2D eigenvalue weighted by Gasteiger charge is -2.19. The topological polar surface area (TPSA) is 67.6 Å². The van der Waals surface area contributed by atoms with Gasteiger partial charge < -0.3 is 19.3 Å². The molecule has 3 aromatic carbocycles. The van der Waals surface area contributed by atoms with Crippen molar-refractivity contribution in [1.82, 2.24) is 9.55 Å². The molecule has 4 aromatic rings. The molecule has 0 saturated carbocycles. The molecule has 7 heteroatoms. The molecule has 1 fully saturated rings. The van der Waals surface area contributed by atoms with Crippen LogP contribution in [0.2, 0.25) is 0 Å². The highest BCUT2D eigenvalue weighted by Gasteiger charge is 2.35. The number of aliphatic hydroxyl groups is 1. The number of amides is 1. The molecule has 0 radical (unpaired) electrons. The molecule has 2 heterocycles. The minimum atomic E-state index is -0.766. The quantitative estimate of drug-likeness (QED) is 0.421. The van der Waals surface area contributed by atoms with Gasteiger partial charge in [0.1, 0.15) is 30.1 Å². The summed E-state index contributed by atoms with van der Waals surface area (Å²) in [5.74, 6) is 0.977. The lowest BCUT2D eigenvalue weighted by molar-refractivity contribution is -0.117. The van der Waals surface area contributed by atoms with Gasteiger partial charge in [0.05, 0.1) is 17.6 Å². The molecule has 1 amide bonds. The van der Waals surface area contributed by atoms with E-state index in [-0.39, 0.29) is 24.2 Å². The van der Waals surface area contributed by atoms with E-state index in [2.05, 4.69) is 6.07 Å². The first-order valence-electron chi connectivity index (χ1n) is 11.8. The molecule has 6 nitrogen and oxygen atoms in total. The van der Waals surface area contributed by atoms with Crippen LogP contribution >= 0.6 is 0 Å². The van der Waals surface area contributed by atoms with Gasteiger partial charge in [-0.15, -0.1) is 0 Å². The molecule has 0 bridgehead atoms. The fourth-order valence-corrected chi connectivity index (χ4v) is 4.82. The number of halogens is 1. The molecule has 0 unspecified atom stereocenters. The number of nitrogens with zero attached hydrogens (tertiary/aromatic N) is 3. The highest BCUT2D eigenvalue weighted by Crippen LogP contribution is 2.33. The number of imidazole rings is 1. The van der Waals surface area contributed by atoms with Crippen LogP contribution in [0.1, 0.15) is 29.3 Å². The van der Waals surface area contributed by atoms with E-state index in [0.717, 1.165) is 33.7 Å². The van der Waals surface area contributed by atoms with Gasteiger partial charge in [-0.3, -0.25) is 4.79 Å². The van der Waals surface area contributed by atoms with Crippen LogP contribution in [0.5, 0.6) is 5.75 Å². The number of aryl methyl sites for hydroxylation is 2. The molecule has 2 atom stereocenters. The number of anilines is 1. The molecule has 0 aliphatic carbocycles. The molecule has 1 saturated heterocycles. The molecule has 1 N–H and O–H groups in total. The predicted molar refractivity (Wildman–Crippen MR) is 133 cm³/mol. The summed E-state index contributed by atoms with van der Waals surface area (Å²) < 4.78 is 21.2. The van der Waals surface area contributed by atoms with Crippen molar-refractivity contribution < 1.29 is 19.0 Å². The maximum absolute atomic E-state index is 13.4. The Morgan fingerprint density at radius 1 is 1.09 bits per heavy atom. The first-order valence-corrected chi connectivity index (χ1v) is 11.8. The van der Waals surface area contributed by atoms with E-state index in [4.69, 9.17) is 9.72 Å². The van der Waals surface area contributed by atoms with Gasteiger partial charge in [0.15, 0.2) is 0 Å². The van der Waals surface area contributed by atoms with Crippen LogP contribution < -0.4 is 9.64 Å². The van der Waals surface area contributed by atoms with Gasteiger partial charge in [0.25, 0.3) is 0 Å². The standard InChI is InChI=1S/C28H28FN3O3/c1-18-11-19(2)13-24(12-18)35-17-23(33)16-32-26-6-4-3-5-25(26)30-28(32)20-14-27(34)31(15-20)22-9-7-21(29)8-10-22/h3-13,20,23,33H,14-17H2,1-2H3/t20-,23+/m1/s1. The van der Waals surface area contributed by atoms with Crippen molar-refractivity contribution in [3.05, 3.63) is 89.5 Å². The highest BCUT2D eigenvalue weighted by molar-refractivity contribution is 5.96. The van der Waals surface area contributed by atoms with Crippen LogP contribution in [0.25, 0.3) is 11.0 Å². The van der Waals surface area contributed by atoms with Crippen LogP contribution in [-0.2, 0) is 11.3 Å². The second-order valence-electron chi connectivity index (χ2n) is 9.24. The largest absolute Gasteiger partial charge is 0.491 e. The number of rotatable bonds is 7. The van der Waals surface area contributed by atoms with Crippen molar-refractivity contribution in [2.45, 2.75) is 38.8 Å². The Morgan fingerprint density at radius 2 is 1.80 bits per heavy atom. The number of carbonyl (C=O) groups is 1. The summed E-state index contributed by atoms with van der Waals surface area (Å²) in [6, 6.07) is 19.7. The molecule has 1 aliphatic rings. The van der Waals surface area contributed by atoms with Crippen molar-refractivity contribution in [3.8, 4) is 5.75 Å². The van der Waals surface area contributed by atoms with E-state index in [1.165, 1.54) is 12.1 Å². The van der Waals surface area contributed by atoms with E-state index in [9.17, 15) is 14.3 Å². The number of fused-ring (bicyclic) bond motifs is 1. The number of benzene rings is 3. The van der Waals surface area contributed by atoms with Gasteiger partial charge in [-0.25, -0.2) is 9.37 Å². The van der Waals surface area contributed by atoms with Crippen molar-refractivity contribution in [3.63, 3.8) is 0 Å². The molecule has 35 heavy (non-hydrogen) atoms. The van der Waals surface area contributed by atoms with Crippen molar-refractivity contribution in [2.24, 2.45) is 0 Å². The van der Waals surface area contributed by atoms with Gasteiger partial charge >= 0.3 is 0 Å². The Balaban J connectivity index is 1.37. The van der Waals surface area contributed by atoms with Crippen LogP contribution in [-0.4, -0.2) is 39.8 Å². The average molecular weight is 474 g/mol. The van der Waals surface area contributed by atoms with Gasteiger partial charge in [0.2, 0.25) is 5.91 Å². The number of ether oxygens (including phenoxy) is 1. The minimum absolute atomic E-state index is 0.0288. The van der Waals surface area contributed by atoms with Crippen LogP contribution in [0.4, 0.5) is 10.1 Å². The highest BCUT2D eigenvalue weighted by atomic mass is 19.1. The zero-order valence-electron chi connectivity index (χ0n) is 19.8. The monoisotopic (exact) mass is 473 g/mol. The molecular weight excluding hydrogens is 445 g/mol. The minimum Gasteiger partial charge on any atom is -0.491 e. The molecular formula is C28H28FN3O3. The Labute approximate surface area is 203 Å². The Morgan fingerprint density at radius 3 is 2.54 bits per heavy atom. The van der Waals surface area contributed by atoms with Gasteiger partial charge in [-0.2, -0.15) is 0 Å². The number of hydrogen-bond donors (Lipinski definition) is 1. The zero-order chi connectivity index (χ0) is 24.5. The second kappa shape index (κ2) is 9.50. The van der Waals surface area contributed by atoms with Crippen LogP contribution in [0.3, 0.4) is 0 Å². The molecule has 5 rings (SSSR count). The summed E-state index contributed by atoms with van der Waals surface area (Å²) in [5, 5.41) is 10.9. The fraction of sp³-hybridized carbons (Fsp3) is 0.286. The van der Waals surface area contributed by atoms with Crippen LogP contribution in [0.15, 0.2) is 66.7 Å². The number of aliphatic hydroxyl groups excluding tert-OH is 1.